The van der Waals surface area contributed by atoms with E-state index in [4.69, 9.17) is 11.1 Å². The van der Waals surface area contributed by atoms with E-state index >= 15 is 0 Å². The Bertz CT molecular complexity index is 1570. The molecule has 0 aliphatic carbocycles. The van der Waals surface area contributed by atoms with Gasteiger partial charge in [0.2, 0.25) is 0 Å². The van der Waals surface area contributed by atoms with Crippen LogP contribution < -0.4 is 15.5 Å². The van der Waals surface area contributed by atoms with Gasteiger partial charge in [-0.25, -0.2) is 0 Å². The first kappa shape index (κ1) is 30.6. The predicted molar refractivity (Wildman–Crippen MR) is 160 cm³/mol. The first-order chi connectivity index (χ1) is 19.3. The molecule has 0 radical (unpaired) electrons. The Morgan fingerprint density at radius 3 is 2.12 bits per heavy atom. The summed E-state index contributed by atoms with van der Waals surface area (Å²) < 4.78 is 6.57. The van der Waals surface area contributed by atoms with Crippen molar-refractivity contribution >= 4 is 40.3 Å². The van der Waals surface area contributed by atoms with Gasteiger partial charge in [0.05, 0.1) is 26.7 Å². The van der Waals surface area contributed by atoms with Gasteiger partial charge in [-0.2, -0.15) is 0 Å². The Hall–Kier alpha value is -4.96. The van der Waals surface area contributed by atoms with Crippen molar-refractivity contribution in [2.75, 3.05) is 21.1 Å². The number of hydrogen-bond acceptors (Lipinski definition) is 6. The van der Waals surface area contributed by atoms with Gasteiger partial charge in [-0.3, -0.25) is 24.3 Å². The summed E-state index contributed by atoms with van der Waals surface area (Å²) in [6.45, 7) is 3.15. The Balaban J connectivity index is 0.000000587. The fourth-order valence-corrected chi connectivity index (χ4v) is 4.18. The van der Waals surface area contributed by atoms with Crippen LogP contribution in [0.4, 0.5) is 5.69 Å². The number of amidine groups is 1. The number of fused-ring (bicyclic) bond motifs is 1. The molecule has 4 rings (SSSR count). The Kier molecular flexibility index (Phi) is 9.64. The third-order valence-electron chi connectivity index (χ3n) is 6.19. The van der Waals surface area contributed by atoms with Crippen molar-refractivity contribution in [3.63, 3.8) is 0 Å². The summed E-state index contributed by atoms with van der Waals surface area (Å²) in [6, 6.07) is 22.5. The molecule has 1 amide bonds. The van der Waals surface area contributed by atoms with Crippen LogP contribution in [0.3, 0.4) is 0 Å². The van der Waals surface area contributed by atoms with Crippen molar-refractivity contribution in [1.29, 1.82) is 5.41 Å². The molecule has 0 aliphatic rings. The van der Waals surface area contributed by atoms with Gasteiger partial charge in [-0.1, -0.05) is 36.4 Å². The second-order valence-corrected chi connectivity index (χ2v) is 10.4. The number of nitrogens with two attached hydrogens (primary N) is 1. The van der Waals surface area contributed by atoms with Crippen LogP contribution in [0.25, 0.3) is 10.9 Å². The number of amides is 1. The molecule has 0 atom stereocenters. The molecule has 0 saturated carbocycles. The number of hydrogen-bond donors (Lipinski definition) is 4. The zero-order valence-corrected chi connectivity index (χ0v) is 23.9. The van der Waals surface area contributed by atoms with Crippen LogP contribution >= 0.6 is 0 Å². The second kappa shape index (κ2) is 12.9. The number of quaternary nitrogens is 1. The average molecular weight is 559 g/mol. The molecule has 0 fully saturated rings. The minimum atomic E-state index is -0.562. The summed E-state index contributed by atoms with van der Waals surface area (Å²) in [4.78, 5) is 32.9. The maximum atomic E-state index is 13.2. The summed E-state index contributed by atoms with van der Waals surface area (Å²) in [5, 5.41) is 21.7. The number of rotatable bonds is 7. The van der Waals surface area contributed by atoms with Gasteiger partial charge in [0.25, 0.3) is 5.91 Å². The van der Waals surface area contributed by atoms with Crippen LogP contribution in [-0.4, -0.2) is 54.5 Å². The number of carbonyl (C=O) groups excluding carboxylic acids is 3. The third-order valence-corrected chi connectivity index (χ3v) is 6.19. The van der Waals surface area contributed by atoms with Gasteiger partial charge in [-0.15, -0.1) is 0 Å². The van der Waals surface area contributed by atoms with E-state index in [0.29, 0.717) is 29.7 Å². The molecule has 5 N–H and O–H groups in total. The molecule has 0 spiro atoms. The average Bonchev–Trinajstić information content (AvgIpc) is 3.26. The highest BCUT2D eigenvalue weighted by molar-refractivity contribution is 6.00. The van der Waals surface area contributed by atoms with Crippen molar-refractivity contribution in [2.24, 2.45) is 5.73 Å². The molecular weight excluding hydrogens is 522 g/mol. The van der Waals surface area contributed by atoms with Crippen LogP contribution in [0.1, 0.15) is 41.0 Å². The number of phenolic OH excluding ortho intramolecular Hbond substituents is 1. The van der Waals surface area contributed by atoms with Gasteiger partial charge in [0, 0.05) is 37.9 Å². The molecule has 0 aliphatic heterocycles. The molecule has 10 heteroatoms. The van der Waals surface area contributed by atoms with E-state index in [-0.39, 0.29) is 17.5 Å². The molecule has 4 aromatic rings. The Morgan fingerprint density at radius 1 is 0.927 bits per heavy atom. The zero-order valence-electron chi connectivity index (χ0n) is 23.9. The Morgan fingerprint density at radius 2 is 1.56 bits per heavy atom. The van der Waals surface area contributed by atoms with Crippen molar-refractivity contribution < 1.29 is 24.2 Å². The summed E-state index contributed by atoms with van der Waals surface area (Å²) in [6.07, 6.45) is 0. The number of aromatic nitrogens is 1. The standard InChI is InChI=1S/C27H29N5O2.C4H6O3/c1-32(2,3)21-12-10-18(11-13-21)16-30-27(34)24-15-22-23(8-5-9-25(22)33)31(24)17-19-6-4-7-20(14-19)26(28)29;1-3(5)7-4(2)6/h4-15H,16-17H2,1-3H3,(H4-,28,29,30,33,34);1-2H3/p+1. The highest BCUT2D eigenvalue weighted by Crippen LogP contribution is 2.29. The fourth-order valence-electron chi connectivity index (χ4n) is 4.18. The fraction of sp³-hybridized carbons (Fsp3) is 0.226. The minimum absolute atomic E-state index is 0.00824. The van der Waals surface area contributed by atoms with Crippen LogP contribution in [0.15, 0.2) is 72.8 Å². The summed E-state index contributed by atoms with van der Waals surface area (Å²) in [7, 11) is 6.32. The molecule has 214 valence electrons. The lowest BCUT2D eigenvalue weighted by Gasteiger charge is -2.23. The van der Waals surface area contributed by atoms with E-state index in [1.807, 2.05) is 41.0 Å². The molecule has 0 saturated heterocycles. The topological polar surface area (TPSA) is 148 Å². The quantitative estimate of drug-likeness (QED) is 0.0889. The van der Waals surface area contributed by atoms with Crippen molar-refractivity contribution in [2.45, 2.75) is 26.9 Å². The normalized spacial score (nSPS) is 10.9. The summed E-state index contributed by atoms with van der Waals surface area (Å²) in [5.74, 6) is -1.24. The van der Waals surface area contributed by atoms with E-state index in [9.17, 15) is 19.5 Å². The molecule has 0 bridgehead atoms. The SMILES string of the molecule is CC(=O)OC(C)=O.C[N+](C)(C)c1ccc(CNC(=O)c2cc3c(O)cccc3n2Cc2cccc(C(=N)N)c2)cc1. The van der Waals surface area contributed by atoms with Crippen molar-refractivity contribution in [3.8, 4) is 5.75 Å². The summed E-state index contributed by atoms with van der Waals surface area (Å²) >= 11 is 0. The molecule has 10 nitrogen and oxygen atoms in total. The monoisotopic (exact) mass is 558 g/mol. The van der Waals surface area contributed by atoms with Crippen LogP contribution in [0.2, 0.25) is 0 Å². The largest absolute Gasteiger partial charge is 0.507 e. The molecule has 1 aromatic heterocycles. The van der Waals surface area contributed by atoms with Crippen LogP contribution in [0, 0.1) is 5.41 Å². The van der Waals surface area contributed by atoms with Gasteiger partial charge < -0.3 is 25.5 Å². The Labute approximate surface area is 239 Å². The number of benzene rings is 3. The van der Waals surface area contributed by atoms with Gasteiger partial charge in [0.15, 0.2) is 0 Å². The van der Waals surface area contributed by atoms with Crippen LogP contribution in [-0.2, 0) is 27.4 Å². The van der Waals surface area contributed by atoms with Crippen LogP contribution in [0.5, 0.6) is 5.75 Å². The third kappa shape index (κ3) is 8.26. The number of esters is 2. The smallest absolute Gasteiger partial charge is 0.310 e. The minimum Gasteiger partial charge on any atom is -0.507 e. The van der Waals surface area contributed by atoms with Crippen molar-refractivity contribution in [1.82, 2.24) is 14.4 Å². The molecule has 41 heavy (non-hydrogen) atoms. The lowest BCUT2D eigenvalue weighted by molar-refractivity contribution is -0.156. The predicted octanol–water partition coefficient (Wildman–Crippen LogP) is 3.90. The van der Waals surface area contributed by atoms with E-state index in [2.05, 4.69) is 43.3 Å². The molecule has 0 unspecified atom stereocenters. The first-order valence-electron chi connectivity index (χ1n) is 12.9. The number of nitrogens with zero attached hydrogens (tertiary/aromatic N) is 2. The number of nitrogens with one attached hydrogen (secondary N) is 2. The highest BCUT2D eigenvalue weighted by atomic mass is 16.6. The first-order valence-corrected chi connectivity index (χ1v) is 12.9. The van der Waals surface area contributed by atoms with Gasteiger partial charge in [-0.05, 0) is 47.5 Å². The number of carbonyl (C=O) groups is 3. The maximum absolute atomic E-state index is 13.2. The molecule has 3 aromatic carbocycles. The van der Waals surface area contributed by atoms with E-state index in [1.54, 1.807) is 24.3 Å². The van der Waals surface area contributed by atoms with E-state index in [1.165, 1.54) is 19.5 Å². The maximum Gasteiger partial charge on any atom is 0.310 e. The van der Waals surface area contributed by atoms with E-state index in [0.717, 1.165) is 21.1 Å². The second-order valence-electron chi connectivity index (χ2n) is 10.4. The number of ether oxygens (including phenoxy) is 1. The van der Waals surface area contributed by atoms with Crippen molar-refractivity contribution in [3.05, 3.63) is 95.2 Å². The number of aromatic hydroxyl groups is 1. The van der Waals surface area contributed by atoms with Gasteiger partial charge >= 0.3 is 11.9 Å². The molecular formula is C31H36N5O5+. The highest BCUT2D eigenvalue weighted by Gasteiger charge is 2.18. The lowest BCUT2D eigenvalue weighted by atomic mass is 10.1. The van der Waals surface area contributed by atoms with Gasteiger partial charge in [0.1, 0.15) is 23.0 Å². The number of nitrogen functional groups attached to an aromatic ring is 1. The number of phenols is 1. The van der Waals surface area contributed by atoms with E-state index < -0.39 is 11.9 Å². The molecule has 1 heterocycles. The lowest BCUT2D eigenvalue weighted by Crippen LogP contribution is -2.34. The zero-order chi connectivity index (χ0) is 30.3. The summed E-state index contributed by atoms with van der Waals surface area (Å²) in [5.41, 5.74) is 10.6.